The van der Waals surface area contributed by atoms with Gasteiger partial charge in [0.2, 0.25) is 0 Å². The maximum Gasteiger partial charge on any atom is 0.306 e. The summed E-state index contributed by atoms with van der Waals surface area (Å²) in [4.78, 5) is 49.4. The summed E-state index contributed by atoms with van der Waals surface area (Å²) in [6, 6.07) is 0. The summed E-state index contributed by atoms with van der Waals surface area (Å²) in [5.74, 6) is -1.40. The summed E-state index contributed by atoms with van der Waals surface area (Å²) in [5, 5.41) is 0. The molecule has 0 rings (SSSR count). The molecule has 0 fully saturated rings. The monoisotopic (exact) mass is 815 g/mol. The third-order valence-electron chi connectivity index (χ3n) is 8.68. The van der Waals surface area contributed by atoms with Crippen LogP contribution in [0, 0.1) is 0 Å². The van der Waals surface area contributed by atoms with E-state index in [-0.39, 0.29) is 75.6 Å². The van der Waals surface area contributed by atoms with Gasteiger partial charge in [-0.2, -0.15) is 0 Å². The minimum Gasteiger partial charge on any atom is -0.465 e. The molecule has 0 saturated heterocycles. The molecule has 2 unspecified atom stereocenters. The average Bonchev–Trinajstić information content (AvgIpc) is 3.20. The Bertz CT molecular complexity index is 1090. The van der Waals surface area contributed by atoms with Crippen LogP contribution >= 0.6 is 11.8 Å². The van der Waals surface area contributed by atoms with Crippen molar-refractivity contribution >= 4 is 35.6 Å². The van der Waals surface area contributed by atoms with Crippen molar-refractivity contribution in [3.05, 3.63) is 72.9 Å². The van der Waals surface area contributed by atoms with Crippen molar-refractivity contribution in [1.82, 2.24) is 0 Å². The van der Waals surface area contributed by atoms with Gasteiger partial charge in [0.05, 0.1) is 13.2 Å². The van der Waals surface area contributed by atoms with E-state index in [4.69, 9.17) is 18.9 Å². The van der Waals surface area contributed by atoms with Crippen molar-refractivity contribution in [3.8, 4) is 0 Å². The van der Waals surface area contributed by atoms with E-state index in [9.17, 15) is 19.2 Å². The zero-order valence-electron chi connectivity index (χ0n) is 36.1. The smallest absolute Gasteiger partial charge is 0.306 e. The molecular formula is C48H78O8S. The van der Waals surface area contributed by atoms with E-state index in [1.165, 1.54) is 50.3 Å². The highest BCUT2D eigenvalue weighted by molar-refractivity contribution is 8.00. The normalized spacial score (nSPS) is 13.1. The third-order valence-corrected chi connectivity index (χ3v) is 9.95. The minimum atomic E-state index is -0.708. The Morgan fingerprint density at radius 2 is 0.737 bits per heavy atom. The molecule has 0 aromatic carbocycles. The van der Waals surface area contributed by atoms with E-state index in [1.54, 1.807) is 13.8 Å². The fourth-order valence-corrected chi connectivity index (χ4v) is 6.40. The topological polar surface area (TPSA) is 105 Å². The molecule has 0 radical (unpaired) electrons. The van der Waals surface area contributed by atoms with E-state index in [1.807, 2.05) is 0 Å². The lowest BCUT2D eigenvalue weighted by Gasteiger charge is -2.24. The lowest BCUT2D eigenvalue weighted by Crippen LogP contribution is -2.25. The summed E-state index contributed by atoms with van der Waals surface area (Å²) >= 11 is 1.18. The van der Waals surface area contributed by atoms with Crippen molar-refractivity contribution in [1.29, 1.82) is 0 Å². The number of hydrogen-bond acceptors (Lipinski definition) is 9. The Morgan fingerprint density at radius 3 is 1.05 bits per heavy atom. The van der Waals surface area contributed by atoms with Gasteiger partial charge in [-0.05, 0) is 89.9 Å². The zero-order valence-corrected chi connectivity index (χ0v) is 37.0. The SMILES string of the molecule is CCCCC/C=C\C/C=C\C/C=C\CCCCC(=O)OC(CCOC(=O)CC)SC(CCOC(=O)CC)OC(=O)CCCC/C=C\C/C=C\C/C=C\CCCCC. The lowest BCUT2D eigenvalue weighted by molar-refractivity contribution is -0.148. The molecule has 8 nitrogen and oxygen atoms in total. The second-order valence-corrected chi connectivity index (χ2v) is 15.3. The predicted octanol–water partition coefficient (Wildman–Crippen LogP) is 13.3. The van der Waals surface area contributed by atoms with Gasteiger partial charge < -0.3 is 18.9 Å². The molecular weight excluding hydrogens is 737 g/mol. The molecule has 0 amide bonds. The van der Waals surface area contributed by atoms with Crippen LogP contribution in [0.5, 0.6) is 0 Å². The molecule has 57 heavy (non-hydrogen) atoms. The first-order valence-electron chi connectivity index (χ1n) is 22.1. The Balaban J connectivity index is 4.87. The second kappa shape index (κ2) is 42.3. The Labute approximate surface area is 351 Å². The highest BCUT2D eigenvalue weighted by atomic mass is 32.2. The Hall–Kier alpha value is -3.33. The molecule has 0 spiro atoms. The summed E-state index contributed by atoms with van der Waals surface area (Å²) in [5.41, 5.74) is -1.42. The van der Waals surface area contributed by atoms with Crippen molar-refractivity contribution in [3.63, 3.8) is 0 Å². The molecule has 9 heteroatoms. The van der Waals surface area contributed by atoms with Crippen LogP contribution in [0.1, 0.15) is 182 Å². The van der Waals surface area contributed by atoms with Crippen LogP contribution in [-0.4, -0.2) is 48.0 Å². The maximum atomic E-state index is 12.9. The first-order chi connectivity index (χ1) is 27.9. The van der Waals surface area contributed by atoms with Gasteiger partial charge in [0.1, 0.15) is 0 Å². The van der Waals surface area contributed by atoms with Gasteiger partial charge in [0.25, 0.3) is 0 Å². The Kier molecular flexibility index (Phi) is 39.8. The first kappa shape index (κ1) is 53.7. The number of carbonyl (C=O) groups excluding carboxylic acids is 4. The predicted molar refractivity (Wildman–Crippen MR) is 238 cm³/mol. The van der Waals surface area contributed by atoms with E-state index in [0.29, 0.717) is 12.8 Å². The molecule has 0 aromatic heterocycles. The zero-order chi connectivity index (χ0) is 41.9. The number of allylic oxidation sites excluding steroid dienone is 12. The van der Waals surface area contributed by atoms with Gasteiger partial charge in [0.15, 0.2) is 10.9 Å². The molecule has 0 heterocycles. The van der Waals surface area contributed by atoms with Crippen molar-refractivity contribution in [2.24, 2.45) is 0 Å². The molecule has 0 aliphatic rings. The summed E-state index contributed by atoms with van der Waals surface area (Å²) in [6.07, 6.45) is 46.2. The lowest BCUT2D eigenvalue weighted by atomic mass is 10.1. The number of esters is 4. The highest BCUT2D eigenvalue weighted by Crippen LogP contribution is 2.27. The van der Waals surface area contributed by atoms with Crippen LogP contribution < -0.4 is 0 Å². The summed E-state index contributed by atoms with van der Waals surface area (Å²) in [7, 11) is 0. The number of hydrogen-bond donors (Lipinski definition) is 0. The number of thioether (sulfide) groups is 1. The van der Waals surface area contributed by atoms with Gasteiger partial charge in [-0.3, -0.25) is 19.2 Å². The number of unbranched alkanes of at least 4 members (excludes halogenated alkanes) is 10. The van der Waals surface area contributed by atoms with Gasteiger partial charge in [-0.25, -0.2) is 0 Å². The number of rotatable bonds is 38. The fraction of sp³-hybridized carbons (Fsp3) is 0.667. The fourth-order valence-electron chi connectivity index (χ4n) is 5.27. The van der Waals surface area contributed by atoms with E-state index < -0.39 is 10.9 Å². The second-order valence-electron chi connectivity index (χ2n) is 14.0. The van der Waals surface area contributed by atoms with Gasteiger partial charge >= 0.3 is 23.9 Å². The Morgan fingerprint density at radius 1 is 0.421 bits per heavy atom. The van der Waals surface area contributed by atoms with Crippen molar-refractivity contribution in [2.75, 3.05) is 13.2 Å². The first-order valence-corrected chi connectivity index (χ1v) is 23.1. The van der Waals surface area contributed by atoms with E-state index in [0.717, 1.165) is 64.2 Å². The van der Waals surface area contributed by atoms with Crippen LogP contribution in [0.3, 0.4) is 0 Å². The quantitative estimate of drug-likeness (QED) is 0.0198. The molecule has 0 aromatic rings. The highest BCUT2D eigenvalue weighted by Gasteiger charge is 2.24. The van der Waals surface area contributed by atoms with Crippen LogP contribution in [0.4, 0.5) is 0 Å². The van der Waals surface area contributed by atoms with Gasteiger partial charge in [-0.15, -0.1) is 0 Å². The molecule has 2 atom stereocenters. The number of carbonyl (C=O) groups is 4. The molecule has 0 aliphatic heterocycles. The van der Waals surface area contributed by atoms with E-state index in [2.05, 4.69) is 86.8 Å². The standard InChI is InChI=1S/C48H78O8S/c1-5-9-11-13-15-17-19-21-23-25-27-29-31-33-35-37-45(51)55-47(39-41-53-43(49)7-3)57-48(40-42-54-44(50)8-4)56-46(52)38-36-34-32-30-28-26-24-22-20-18-16-14-12-10-6-2/h15-18,21-24,27-30,47-48H,5-14,19-20,25-26,31-42H2,1-4H3/b17-15-,18-16-,23-21-,24-22-,29-27-,30-28-. The number of ether oxygens (including phenoxy) is 4. The van der Waals surface area contributed by atoms with Crippen molar-refractivity contribution < 1.29 is 38.1 Å². The van der Waals surface area contributed by atoms with Crippen LogP contribution in [0.15, 0.2) is 72.9 Å². The van der Waals surface area contributed by atoms with E-state index >= 15 is 0 Å². The summed E-state index contributed by atoms with van der Waals surface area (Å²) < 4.78 is 22.2. The third kappa shape index (κ3) is 39.3. The molecule has 0 saturated carbocycles. The van der Waals surface area contributed by atoms with Gasteiger partial charge in [0, 0.05) is 38.5 Å². The molecule has 0 N–H and O–H groups in total. The van der Waals surface area contributed by atoms with Crippen LogP contribution in [0.2, 0.25) is 0 Å². The summed E-state index contributed by atoms with van der Waals surface area (Å²) in [6.45, 7) is 8.00. The average molecular weight is 815 g/mol. The molecule has 0 bridgehead atoms. The minimum absolute atomic E-state index is 0.0665. The van der Waals surface area contributed by atoms with Crippen LogP contribution in [0.25, 0.3) is 0 Å². The van der Waals surface area contributed by atoms with Crippen LogP contribution in [-0.2, 0) is 38.1 Å². The maximum absolute atomic E-state index is 12.9. The van der Waals surface area contributed by atoms with Crippen molar-refractivity contribution in [2.45, 2.75) is 193 Å². The van der Waals surface area contributed by atoms with Gasteiger partial charge in [-0.1, -0.05) is 138 Å². The largest absolute Gasteiger partial charge is 0.465 e. The molecule has 324 valence electrons. The molecule has 0 aliphatic carbocycles.